The lowest BCUT2D eigenvalue weighted by Crippen LogP contribution is -1.94. The molecule has 0 amide bonds. The number of aryl methyl sites for hydroxylation is 4. The largest absolute Gasteiger partial charge is 0.360 e. The highest BCUT2D eigenvalue weighted by Crippen LogP contribution is 2.29. The Morgan fingerprint density at radius 2 is 1.77 bits per heavy atom. The monoisotopic (exact) mass is 359 g/mol. The number of thiazole rings is 1. The van der Waals surface area contributed by atoms with Gasteiger partial charge in [0.1, 0.15) is 16.6 Å². The third-order valence-electron chi connectivity index (χ3n) is 4.28. The number of benzene rings is 2. The van der Waals surface area contributed by atoms with E-state index < -0.39 is 0 Å². The summed E-state index contributed by atoms with van der Waals surface area (Å²) in [6.45, 7) is 8.27. The zero-order valence-corrected chi connectivity index (χ0v) is 16.2. The van der Waals surface area contributed by atoms with Crippen LogP contribution < -0.4 is 5.32 Å². The van der Waals surface area contributed by atoms with Crippen molar-refractivity contribution < 1.29 is 0 Å². The maximum absolute atomic E-state index is 9.56. The minimum atomic E-state index is 0.534. The Morgan fingerprint density at radius 3 is 2.50 bits per heavy atom. The highest BCUT2D eigenvalue weighted by atomic mass is 32.1. The maximum atomic E-state index is 9.56. The number of anilines is 1. The highest BCUT2D eigenvalue weighted by Gasteiger charge is 2.11. The molecule has 0 atom stereocenters. The van der Waals surface area contributed by atoms with Crippen LogP contribution in [0.15, 0.2) is 48.0 Å². The fourth-order valence-corrected chi connectivity index (χ4v) is 3.59. The second-order valence-electron chi connectivity index (χ2n) is 6.49. The number of hydrogen-bond acceptors (Lipinski definition) is 4. The number of allylic oxidation sites excluding steroid dienone is 1. The Hall–Kier alpha value is -2.90. The summed E-state index contributed by atoms with van der Waals surface area (Å²) < 4.78 is 0. The molecule has 0 saturated carbocycles. The molecule has 3 aromatic rings. The lowest BCUT2D eigenvalue weighted by Gasteiger charge is -2.07. The molecule has 2 aromatic carbocycles. The van der Waals surface area contributed by atoms with E-state index in [0.717, 1.165) is 27.5 Å². The van der Waals surface area contributed by atoms with Crippen molar-refractivity contribution in [3.8, 4) is 17.3 Å². The second kappa shape index (κ2) is 7.55. The summed E-state index contributed by atoms with van der Waals surface area (Å²) in [4.78, 5) is 4.68. The summed E-state index contributed by atoms with van der Waals surface area (Å²) in [6.07, 6.45) is 1.74. The van der Waals surface area contributed by atoms with Crippen molar-refractivity contribution in [3.05, 3.63) is 75.2 Å². The Morgan fingerprint density at radius 1 is 1.04 bits per heavy atom. The van der Waals surface area contributed by atoms with E-state index in [9.17, 15) is 5.26 Å². The molecule has 0 fully saturated rings. The molecule has 0 radical (unpaired) electrons. The Balaban J connectivity index is 1.88. The number of rotatable bonds is 4. The molecule has 0 aliphatic carbocycles. The first-order valence-electron chi connectivity index (χ1n) is 8.45. The number of hydrogen-bond donors (Lipinski definition) is 1. The average Bonchev–Trinajstić information content (AvgIpc) is 3.08. The first-order valence-corrected chi connectivity index (χ1v) is 9.33. The molecule has 1 aromatic heterocycles. The summed E-state index contributed by atoms with van der Waals surface area (Å²) in [5.41, 5.74) is 8.30. The molecule has 3 nitrogen and oxygen atoms in total. The van der Waals surface area contributed by atoms with E-state index in [-0.39, 0.29) is 0 Å². The minimum absolute atomic E-state index is 0.534. The minimum Gasteiger partial charge on any atom is -0.360 e. The van der Waals surface area contributed by atoms with E-state index in [1.807, 2.05) is 12.3 Å². The fraction of sp³-hybridized carbons (Fsp3) is 0.182. The summed E-state index contributed by atoms with van der Waals surface area (Å²) >= 11 is 1.49. The Labute approximate surface area is 158 Å². The molecule has 0 aliphatic rings. The van der Waals surface area contributed by atoms with Gasteiger partial charge >= 0.3 is 0 Å². The van der Waals surface area contributed by atoms with Gasteiger partial charge < -0.3 is 5.32 Å². The van der Waals surface area contributed by atoms with Crippen LogP contribution in [-0.2, 0) is 0 Å². The van der Waals surface area contributed by atoms with Crippen LogP contribution in [0.25, 0.3) is 16.8 Å². The smallest absolute Gasteiger partial charge is 0.136 e. The quantitative estimate of drug-likeness (QED) is 0.579. The van der Waals surface area contributed by atoms with Crippen molar-refractivity contribution in [1.29, 1.82) is 5.26 Å². The van der Waals surface area contributed by atoms with Crippen molar-refractivity contribution in [2.75, 3.05) is 5.32 Å². The molecule has 4 heteroatoms. The SMILES string of the molecule is Cc1ccc(-c2csc(/C(C#N)=C/Nc3cc(C)ccc3C)n2)c(C)c1. The van der Waals surface area contributed by atoms with E-state index in [1.54, 1.807) is 6.20 Å². The van der Waals surface area contributed by atoms with Gasteiger partial charge in [0.05, 0.1) is 5.69 Å². The van der Waals surface area contributed by atoms with Gasteiger partial charge in [0.15, 0.2) is 0 Å². The van der Waals surface area contributed by atoms with Crippen LogP contribution in [0.1, 0.15) is 27.3 Å². The van der Waals surface area contributed by atoms with Crippen LogP contribution in [0.5, 0.6) is 0 Å². The summed E-state index contributed by atoms with van der Waals surface area (Å²) in [7, 11) is 0. The van der Waals surface area contributed by atoms with Gasteiger partial charge in [0, 0.05) is 22.8 Å². The predicted octanol–water partition coefficient (Wildman–Crippen LogP) is 6.02. The molecule has 26 heavy (non-hydrogen) atoms. The predicted molar refractivity (Wildman–Crippen MR) is 110 cm³/mol. The molecular weight excluding hydrogens is 338 g/mol. The van der Waals surface area contributed by atoms with Gasteiger partial charge in [-0.3, -0.25) is 0 Å². The molecule has 3 rings (SSSR count). The summed E-state index contributed by atoms with van der Waals surface area (Å²) in [5.74, 6) is 0. The van der Waals surface area contributed by atoms with E-state index >= 15 is 0 Å². The van der Waals surface area contributed by atoms with Crippen LogP contribution in [0, 0.1) is 39.0 Å². The van der Waals surface area contributed by atoms with Crippen LogP contribution in [0.3, 0.4) is 0 Å². The van der Waals surface area contributed by atoms with Crippen molar-refractivity contribution in [3.63, 3.8) is 0 Å². The van der Waals surface area contributed by atoms with Gasteiger partial charge in [0.2, 0.25) is 0 Å². The van der Waals surface area contributed by atoms with Crippen molar-refractivity contribution in [2.24, 2.45) is 0 Å². The van der Waals surface area contributed by atoms with Gasteiger partial charge in [-0.05, 0) is 50.5 Å². The fourth-order valence-electron chi connectivity index (χ4n) is 2.81. The van der Waals surface area contributed by atoms with Gasteiger partial charge in [-0.1, -0.05) is 35.9 Å². The van der Waals surface area contributed by atoms with Gasteiger partial charge in [-0.15, -0.1) is 11.3 Å². The first-order chi connectivity index (χ1) is 12.5. The summed E-state index contributed by atoms with van der Waals surface area (Å²) in [6, 6.07) is 14.8. The normalized spacial score (nSPS) is 11.3. The van der Waals surface area contributed by atoms with Gasteiger partial charge in [-0.25, -0.2) is 4.98 Å². The van der Waals surface area contributed by atoms with E-state index in [0.29, 0.717) is 5.57 Å². The molecule has 1 N–H and O–H groups in total. The summed E-state index contributed by atoms with van der Waals surface area (Å²) in [5, 5.41) is 15.5. The van der Waals surface area contributed by atoms with E-state index in [2.05, 4.69) is 73.5 Å². The van der Waals surface area contributed by atoms with Gasteiger partial charge in [-0.2, -0.15) is 5.26 Å². The lowest BCUT2D eigenvalue weighted by atomic mass is 10.0. The Bertz CT molecular complexity index is 1020. The average molecular weight is 359 g/mol. The second-order valence-corrected chi connectivity index (χ2v) is 7.35. The molecule has 0 unspecified atom stereocenters. The van der Waals surface area contributed by atoms with Gasteiger partial charge in [0.25, 0.3) is 0 Å². The Kier molecular flexibility index (Phi) is 5.20. The number of aromatic nitrogens is 1. The van der Waals surface area contributed by atoms with Crippen LogP contribution >= 0.6 is 11.3 Å². The van der Waals surface area contributed by atoms with Crippen LogP contribution in [-0.4, -0.2) is 4.98 Å². The molecule has 0 saturated heterocycles. The van der Waals surface area contributed by atoms with E-state index in [1.165, 1.54) is 28.0 Å². The van der Waals surface area contributed by atoms with Crippen LogP contribution in [0.4, 0.5) is 5.69 Å². The lowest BCUT2D eigenvalue weighted by molar-refractivity contribution is 1.32. The molecule has 1 heterocycles. The van der Waals surface area contributed by atoms with Crippen LogP contribution in [0.2, 0.25) is 0 Å². The molecule has 130 valence electrons. The number of nitriles is 1. The van der Waals surface area contributed by atoms with Crippen molar-refractivity contribution in [2.45, 2.75) is 27.7 Å². The van der Waals surface area contributed by atoms with Crippen molar-refractivity contribution >= 4 is 22.6 Å². The van der Waals surface area contributed by atoms with E-state index in [4.69, 9.17) is 0 Å². The molecular formula is C22H21N3S. The zero-order chi connectivity index (χ0) is 18.7. The third-order valence-corrected chi connectivity index (χ3v) is 5.15. The molecule has 0 bridgehead atoms. The van der Waals surface area contributed by atoms with Crippen molar-refractivity contribution in [1.82, 2.24) is 4.98 Å². The maximum Gasteiger partial charge on any atom is 0.136 e. The number of nitrogens with zero attached hydrogens (tertiary/aromatic N) is 2. The molecule has 0 aliphatic heterocycles. The standard InChI is InChI=1S/C22H21N3S/c1-14-6-8-19(17(4)9-14)21-13-26-22(25-21)18(11-23)12-24-20-10-15(2)5-7-16(20)3/h5-10,12-13,24H,1-4H3/b18-12+. The topological polar surface area (TPSA) is 48.7 Å². The highest BCUT2D eigenvalue weighted by molar-refractivity contribution is 7.11. The zero-order valence-electron chi connectivity index (χ0n) is 15.4. The first kappa shape index (κ1) is 17.9. The number of nitrogens with one attached hydrogen (secondary N) is 1. The third kappa shape index (κ3) is 3.84. The molecule has 0 spiro atoms.